The number of hydrogen-bond acceptors (Lipinski definition) is 4. The molecule has 0 atom stereocenters. The first-order valence-corrected chi connectivity index (χ1v) is 6.74. The lowest BCUT2D eigenvalue weighted by molar-refractivity contribution is -0.115. The van der Waals surface area contributed by atoms with Crippen LogP contribution in [-0.2, 0) is 11.2 Å². The van der Waals surface area contributed by atoms with Gasteiger partial charge in [0.15, 0.2) is 0 Å². The van der Waals surface area contributed by atoms with Gasteiger partial charge < -0.3 is 21.5 Å². The molecule has 1 heterocycles. The van der Waals surface area contributed by atoms with Crippen LogP contribution in [0.3, 0.4) is 0 Å². The molecule has 0 aromatic heterocycles. The minimum Gasteiger partial charge on any atom is -0.397 e. The van der Waals surface area contributed by atoms with Gasteiger partial charge in [0.1, 0.15) is 0 Å². The van der Waals surface area contributed by atoms with Crippen LogP contribution in [0.5, 0.6) is 0 Å². The van der Waals surface area contributed by atoms with Crippen molar-refractivity contribution in [1.82, 2.24) is 0 Å². The maximum atomic E-state index is 11.3. The molecule has 0 saturated heterocycles. The largest absolute Gasteiger partial charge is 0.397 e. The molecular formula is C14H19N3O2. The van der Waals surface area contributed by atoms with E-state index in [0.29, 0.717) is 18.7 Å². The third-order valence-electron chi connectivity index (χ3n) is 4.04. The number of anilines is 3. The van der Waals surface area contributed by atoms with Crippen LogP contribution in [-0.4, -0.2) is 23.2 Å². The number of carbonyl (C=O) groups excluding carboxylic acids is 1. The molecule has 1 fully saturated rings. The van der Waals surface area contributed by atoms with Gasteiger partial charge in [-0.1, -0.05) is 12.8 Å². The molecule has 5 N–H and O–H groups in total. The van der Waals surface area contributed by atoms with Crippen LogP contribution >= 0.6 is 0 Å². The smallest absolute Gasteiger partial charge is 0.228 e. The molecule has 5 nitrogen and oxygen atoms in total. The van der Waals surface area contributed by atoms with Gasteiger partial charge in [-0.25, -0.2) is 0 Å². The number of rotatable bonds is 3. The Balaban J connectivity index is 1.75. The van der Waals surface area contributed by atoms with Crippen LogP contribution in [0, 0.1) is 0 Å². The number of carbonyl (C=O) groups is 1. The van der Waals surface area contributed by atoms with E-state index >= 15 is 0 Å². The van der Waals surface area contributed by atoms with Crippen LogP contribution in [0.15, 0.2) is 12.1 Å². The number of nitrogens with two attached hydrogens (primary N) is 1. The van der Waals surface area contributed by atoms with Crippen LogP contribution in [0.25, 0.3) is 0 Å². The van der Waals surface area contributed by atoms with Crippen LogP contribution < -0.4 is 16.4 Å². The first-order valence-electron chi connectivity index (χ1n) is 6.74. The van der Waals surface area contributed by atoms with Crippen molar-refractivity contribution in [3.05, 3.63) is 17.7 Å². The highest BCUT2D eigenvalue weighted by Crippen LogP contribution is 2.33. The van der Waals surface area contributed by atoms with E-state index in [-0.39, 0.29) is 5.91 Å². The van der Waals surface area contributed by atoms with Gasteiger partial charge in [0.2, 0.25) is 5.91 Å². The van der Waals surface area contributed by atoms with Crippen molar-refractivity contribution < 1.29 is 9.90 Å². The molecule has 0 spiro atoms. The molecule has 1 saturated carbocycles. The maximum absolute atomic E-state index is 11.3. The molecule has 5 heteroatoms. The van der Waals surface area contributed by atoms with E-state index in [2.05, 4.69) is 10.6 Å². The summed E-state index contributed by atoms with van der Waals surface area (Å²) in [6, 6.07) is 3.68. The average molecular weight is 261 g/mol. The first-order chi connectivity index (χ1) is 9.06. The molecule has 1 aliphatic heterocycles. The van der Waals surface area contributed by atoms with Gasteiger partial charge in [-0.15, -0.1) is 0 Å². The highest BCUT2D eigenvalue weighted by atomic mass is 16.3. The van der Waals surface area contributed by atoms with E-state index in [1.807, 2.05) is 12.1 Å². The van der Waals surface area contributed by atoms with E-state index in [1.54, 1.807) is 0 Å². The zero-order valence-electron chi connectivity index (χ0n) is 10.8. The highest BCUT2D eigenvalue weighted by molar-refractivity contribution is 6.00. The number of aliphatic hydroxyl groups is 1. The SMILES string of the molecule is Nc1cc2c(cc1NCC1(O)CCCC1)NC(=O)C2. The Morgan fingerprint density at radius 2 is 2.11 bits per heavy atom. The molecule has 0 bridgehead atoms. The quantitative estimate of drug-likeness (QED) is 0.621. The van der Waals surface area contributed by atoms with Crippen molar-refractivity contribution in [2.75, 3.05) is 22.9 Å². The highest BCUT2D eigenvalue weighted by Gasteiger charge is 2.31. The molecule has 2 aliphatic rings. The van der Waals surface area contributed by atoms with Gasteiger partial charge in [0.25, 0.3) is 0 Å². The van der Waals surface area contributed by atoms with Crippen LogP contribution in [0.4, 0.5) is 17.1 Å². The maximum Gasteiger partial charge on any atom is 0.228 e. The summed E-state index contributed by atoms with van der Waals surface area (Å²) in [4.78, 5) is 11.3. The number of benzene rings is 1. The van der Waals surface area contributed by atoms with Crippen LogP contribution in [0.2, 0.25) is 0 Å². The molecule has 3 rings (SSSR count). The van der Waals surface area contributed by atoms with E-state index in [0.717, 1.165) is 42.6 Å². The molecular weight excluding hydrogens is 242 g/mol. The number of amides is 1. The number of hydrogen-bond donors (Lipinski definition) is 4. The Morgan fingerprint density at radius 1 is 1.37 bits per heavy atom. The molecule has 1 aromatic rings. The summed E-state index contributed by atoms with van der Waals surface area (Å²) >= 11 is 0. The lowest BCUT2D eigenvalue weighted by atomic mass is 10.0. The number of nitrogen functional groups attached to an aromatic ring is 1. The molecule has 19 heavy (non-hydrogen) atoms. The van der Waals surface area contributed by atoms with Gasteiger partial charge in [-0.2, -0.15) is 0 Å². The molecule has 1 aliphatic carbocycles. The number of fused-ring (bicyclic) bond motifs is 1. The van der Waals surface area contributed by atoms with Crippen molar-refractivity contribution in [1.29, 1.82) is 0 Å². The predicted octanol–water partition coefficient (Wildman–Crippen LogP) is 1.48. The van der Waals surface area contributed by atoms with Crippen molar-refractivity contribution in [3.8, 4) is 0 Å². The Kier molecular flexibility index (Phi) is 2.86. The molecule has 0 radical (unpaired) electrons. The van der Waals surface area contributed by atoms with Gasteiger partial charge in [-0.05, 0) is 30.5 Å². The zero-order valence-corrected chi connectivity index (χ0v) is 10.8. The van der Waals surface area contributed by atoms with Gasteiger partial charge in [0.05, 0.1) is 23.4 Å². The van der Waals surface area contributed by atoms with E-state index in [9.17, 15) is 9.90 Å². The molecule has 1 amide bonds. The Bertz CT molecular complexity index is 522. The predicted molar refractivity (Wildman–Crippen MR) is 75.1 cm³/mol. The Morgan fingerprint density at radius 3 is 2.84 bits per heavy atom. The summed E-state index contributed by atoms with van der Waals surface area (Å²) in [6.07, 6.45) is 4.22. The summed E-state index contributed by atoms with van der Waals surface area (Å²) in [5, 5.41) is 16.3. The zero-order chi connectivity index (χ0) is 13.5. The summed E-state index contributed by atoms with van der Waals surface area (Å²) in [5.41, 5.74) is 8.53. The first kappa shape index (κ1) is 12.3. The van der Waals surface area contributed by atoms with E-state index in [4.69, 9.17) is 5.73 Å². The fraction of sp³-hybridized carbons (Fsp3) is 0.500. The van der Waals surface area contributed by atoms with Gasteiger partial charge >= 0.3 is 0 Å². The summed E-state index contributed by atoms with van der Waals surface area (Å²) in [5.74, 6) is 0.000899. The topological polar surface area (TPSA) is 87.4 Å². The fourth-order valence-corrected chi connectivity index (χ4v) is 2.92. The summed E-state index contributed by atoms with van der Waals surface area (Å²) in [7, 11) is 0. The standard InChI is InChI=1S/C14H19N3O2/c15-10-5-9-6-13(18)17-11(9)7-12(10)16-8-14(19)3-1-2-4-14/h5,7,16,19H,1-4,6,8,15H2,(H,17,18). The lowest BCUT2D eigenvalue weighted by Crippen LogP contribution is -2.33. The third kappa shape index (κ3) is 2.38. The fourth-order valence-electron chi connectivity index (χ4n) is 2.92. The average Bonchev–Trinajstić information content (AvgIpc) is 2.92. The monoisotopic (exact) mass is 261 g/mol. The second-order valence-corrected chi connectivity index (χ2v) is 5.61. The van der Waals surface area contributed by atoms with Crippen molar-refractivity contribution in [2.45, 2.75) is 37.7 Å². The molecule has 1 aromatic carbocycles. The molecule has 0 unspecified atom stereocenters. The summed E-state index contributed by atoms with van der Waals surface area (Å²) < 4.78 is 0. The van der Waals surface area contributed by atoms with E-state index < -0.39 is 5.60 Å². The second kappa shape index (κ2) is 4.42. The van der Waals surface area contributed by atoms with E-state index in [1.165, 1.54) is 0 Å². The molecule has 102 valence electrons. The third-order valence-corrected chi connectivity index (χ3v) is 4.04. The van der Waals surface area contributed by atoms with Crippen LogP contribution in [0.1, 0.15) is 31.2 Å². The van der Waals surface area contributed by atoms with Gasteiger partial charge in [0, 0.05) is 12.2 Å². The second-order valence-electron chi connectivity index (χ2n) is 5.61. The van der Waals surface area contributed by atoms with Crippen molar-refractivity contribution in [2.24, 2.45) is 0 Å². The minimum absolute atomic E-state index is 0.000899. The normalized spacial score (nSPS) is 20.2. The Hall–Kier alpha value is -1.75. The Labute approximate surface area is 112 Å². The summed E-state index contributed by atoms with van der Waals surface area (Å²) in [6.45, 7) is 0.504. The number of nitrogens with one attached hydrogen (secondary N) is 2. The van der Waals surface area contributed by atoms with Crippen molar-refractivity contribution >= 4 is 23.0 Å². The van der Waals surface area contributed by atoms with Gasteiger partial charge in [-0.3, -0.25) is 4.79 Å². The lowest BCUT2D eigenvalue weighted by Gasteiger charge is -2.23. The van der Waals surface area contributed by atoms with Crippen molar-refractivity contribution in [3.63, 3.8) is 0 Å². The minimum atomic E-state index is -0.616.